The maximum Gasteiger partial charge on any atom is 0.319 e. The van der Waals surface area contributed by atoms with Crippen molar-refractivity contribution in [3.63, 3.8) is 0 Å². The summed E-state index contributed by atoms with van der Waals surface area (Å²) in [5.41, 5.74) is 0. The summed E-state index contributed by atoms with van der Waals surface area (Å²) in [7, 11) is 1.86. The molecule has 5 nitrogen and oxygen atoms in total. The van der Waals surface area contributed by atoms with E-state index in [2.05, 4.69) is 15.3 Å². The van der Waals surface area contributed by atoms with Gasteiger partial charge in [-0.3, -0.25) is 0 Å². The van der Waals surface area contributed by atoms with Crippen LogP contribution < -0.4 is 14.8 Å². The molecule has 0 atom stereocenters. The molecule has 0 saturated carbocycles. The third-order valence-corrected chi connectivity index (χ3v) is 1.48. The second-order valence-corrected chi connectivity index (χ2v) is 2.56. The van der Waals surface area contributed by atoms with Gasteiger partial charge in [-0.05, 0) is 14.0 Å². The van der Waals surface area contributed by atoms with Crippen LogP contribution in [0.2, 0.25) is 0 Å². The van der Waals surface area contributed by atoms with Crippen molar-refractivity contribution >= 4 is 0 Å². The molecule has 0 fully saturated rings. The third-order valence-electron chi connectivity index (χ3n) is 1.48. The molecule has 1 heterocycles. The van der Waals surface area contributed by atoms with Gasteiger partial charge < -0.3 is 14.8 Å². The van der Waals surface area contributed by atoms with E-state index in [1.54, 1.807) is 12.3 Å². The van der Waals surface area contributed by atoms with Crippen molar-refractivity contribution in [3.05, 3.63) is 12.3 Å². The maximum atomic E-state index is 5.27. The topological polar surface area (TPSA) is 56.3 Å². The van der Waals surface area contributed by atoms with Crippen LogP contribution in [-0.4, -0.2) is 36.8 Å². The highest BCUT2D eigenvalue weighted by Gasteiger charge is 1.99. The van der Waals surface area contributed by atoms with Crippen LogP contribution in [0.1, 0.15) is 6.92 Å². The summed E-state index contributed by atoms with van der Waals surface area (Å²) in [6, 6.07) is 2.06. The van der Waals surface area contributed by atoms with E-state index in [1.807, 2.05) is 14.0 Å². The van der Waals surface area contributed by atoms with Crippen LogP contribution in [-0.2, 0) is 0 Å². The van der Waals surface area contributed by atoms with Crippen LogP contribution in [0.3, 0.4) is 0 Å². The average Bonchev–Trinajstić information content (AvgIpc) is 2.19. The van der Waals surface area contributed by atoms with Gasteiger partial charge in [0.2, 0.25) is 5.88 Å². The predicted molar refractivity (Wildman–Crippen MR) is 52.6 cm³/mol. The Morgan fingerprint density at radius 3 is 3.00 bits per heavy atom. The van der Waals surface area contributed by atoms with Gasteiger partial charge in [0.25, 0.3) is 0 Å². The molecule has 1 rings (SSSR count). The zero-order valence-corrected chi connectivity index (χ0v) is 8.49. The summed E-state index contributed by atoms with van der Waals surface area (Å²) in [5.74, 6) is 0.543. The van der Waals surface area contributed by atoms with Crippen molar-refractivity contribution < 1.29 is 9.47 Å². The van der Waals surface area contributed by atoms with Gasteiger partial charge in [-0.1, -0.05) is 0 Å². The van der Waals surface area contributed by atoms with E-state index in [4.69, 9.17) is 9.47 Å². The molecule has 0 aliphatic carbocycles. The SMILES string of the molecule is CCOc1ccnc(OCCNC)n1. The molecule has 1 N–H and O–H groups in total. The molecule has 0 spiro atoms. The summed E-state index contributed by atoms with van der Waals surface area (Å²) in [4.78, 5) is 8.00. The molecular formula is C9H15N3O2. The van der Waals surface area contributed by atoms with Gasteiger partial charge in [-0.2, -0.15) is 4.98 Å². The minimum absolute atomic E-state index is 0.353. The minimum Gasteiger partial charge on any atom is -0.478 e. The molecular weight excluding hydrogens is 182 g/mol. The first kappa shape index (κ1) is 10.7. The summed E-state index contributed by atoms with van der Waals surface area (Å²) in [6.45, 7) is 3.81. The number of hydrogen-bond donors (Lipinski definition) is 1. The van der Waals surface area contributed by atoms with Crippen molar-refractivity contribution in [2.24, 2.45) is 0 Å². The second kappa shape index (κ2) is 6.15. The fourth-order valence-corrected chi connectivity index (χ4v) is 0.867. The van der Waals surface area contributed by atoms with Crippen molar-refractivity contribution in [3.8, 4) is 11.9 Å². The lowest BCUT2D eigenvalue weighted by atomic mass is 10.6. The fraction of sp³-hybridized carbons (Fsp3) is 0.556. The van der Waals surface area contributed by atoms with E-state index in [1.165, 1.54) is 0 Å². The van der Waals surface area contributed by atoms with Gasteiger partial charge in [0.15, 0.2) is 0 Å². The summed E-state index contributed by atoms with van der Waals surface area (Å²) in [5, 5.41) is 2.97. The molecule has 1 aromatic heterocycles. The first-order valence-corrected chi connectivity index (χ1v) is 4.60. The number of hydrogen-bond acceptors (Lipinski definition) is 5. The summed E-state index contributed by atoms with van der Waals surface area (Å²) < 4.78 is 10.5. The van der Waals surface area contributed by atoms with Crippen LogP contribution in [0, 0.1) is 0 Å². The van der Waals surface area contributed by atoms with Gasteiger partial charge in [-0.15, -0.1) is 0 Å². The van der Waals surface area contributed by atoms with E-state index >= 15 is 0 Å². The normalized spacial score (nSPS) is 9.86. The van der Waals surface area contributed by atoms with Gasteiger partial charge in [0.1, 0.15) is 6.61 Å². The average molecular weight is 197 g/mol. The number of aromatic nitrogens is 2. The van der Waals surface area contributed by atoms with Crippen molar-refractivity contribution in [1.29, 1.82) is 0 Å². The Bertz CT molecular complexity index is 268. The predicted octanol–water partition coefficient (Wildman–Crippen LogP) is 0.473. The summed E-state index contributed by atoms with van der Waals surface area (Å²) in [6.07, 6.45) is 1.62. The third kappa shape index (κ3) is 3.57. The lowest BCUT2D eigenvalue weighted by Gasteiger charge is -2.05. The Hall–Kier alpha value is -1.36. The van der Waals surface area contributed by atoms with Crippen LogP contribution in [0.5, 0.6) is 11.9 Å². The first-order valence-electron chi connectivity index (χ1n) is 4.60. The van der Waals surface area contributed by atoms with E-state index in [0.717, 1.165) is 6.54 Å². The number of nitrogens with zero attached hydrogens (tertiary/aromatic N) is 2. The quantitative estimate of drug-likeness (QED) is 0.672. The number of ether oxygens (including phenoxy) is 2. The van der Waals surface area contributed by atoms with Crippen LogP contribution in [0.4, 0.5) is 0 Å². The van der Waals surface area contributed by atoms with Crippen LogP contribution in [0.25, 0.3) is 0 Å². The smallest absolute Gasteiger partial charge is 0.319 e. The number of nitrogens with one attached hydrogen (secondary N) is 1. The van der Waals surface area contributed by atoms with Crippen molar-refractivity contribution in [1.82, 2.24) is 15.3 Å². The highest BCUT2D eigenvalue weighted by Crippen LogP contribution is 2.09. The highest BCUT2D eigenvalue weighted by molar-refractivity contribution is 5.10. The monoisotopic (exact) mass is 197 g/mol. The molecule has 5 heteroatoms. The lowest BCUT2D eigenvalue weighted by Crippen LogP contribution is -2.16. The van der Waals surface area contributed by atoms with Gasteiger partial charge in [0, 0.05) is 18.8 Å². The number of likely N-dealkylation sites (N-methyl/N-ethyl adjacent to an activating group) is 1. The van der Waals surface area contributed by atoms with Crippen LogP contribution >= 0.6 is 0 Å². The molecule has 1 aromatic rings. The molecule has 0 aromatic carbocycles. The van der Waals surface area contributed by atoms with E-state index in [9.17, 15) is 0 Å². The molecule has 0 aliphatic heterocycles. The van der Waals surface area contributed by atoms with Gasteiger partial charge in [-0.25, -0.2) is 4.98 Å². The lowest BCUT2D eigenvalue weighted by molar-refractivity contribution is 0.277. The Morgan fingerprint density at radius 1 is 1.43 bits per heavy atom. The van der Waals surface area contributed by atoms with Crippen molar-refractivity contribution in [2.75, 3.05) is 26.8 Å². The Balaban J connectivity index is 2.46. The Labute approximate surface area is 83.5 Å². The molecule has 0 saturated heterocycles. The maximum absolute atomic E-state index is 5.27. The Morgan fingerprint density at radius 2 is 2.29 bits per heavy atom. The molecule has 0 radical (unpaired) electrons. The highest BCUT2D eigenvalue weighted by atomic mass is 16.5. The molecule has 0 aliphatic rings. The summed E-state index contributed by atoms with van der Waals surface area (Å²) >= 11 is 0. The standard InChI is InChI=1S/C9H15N3O2/c1-3-13-8-4-5-11-9(12-8)14-7-6-10-2/h4-5,10H,3,6-7H2,1-2H3. The van der Waals surface area contributed by atoms with Gasteiger partial charge in [0.05, 0.1) is 6.61 Å². The number of rotatable bonds is 6. The van der Waals surface area contributed by atoms with E-state index in [-0.39, 0.29) is 0 Å². The molecule has 0 unspecified atom stereocenters. The van der Waals surface area contributed by atoms with Crippen LogP contribution in [0.15, 0.2) is 12.3 Å². The fourth-order valence-electron chi connectivity index (χ4n) is 0.867. The first-order chi connectivity index (χ1) is 6.86. The Kier molecular flexibility index (Phi) is 4.71. The molecule has 0 bridgehead atoms. The second-order valence-electron chi connectivity index (χ2n) is 2.56. The van der Waals surface area contributed by atoms with E-state index < -0.39 is 0 Å². The van der Waals surface area contributed by atoms with E-state index in [0.29, 0.717) is 25.1 Å². The zero-order valence-electron chi connectivity index (χ0n) is 8.49. The molecule has 78 valence electrons. The zero-order chi connectivity index (χ0) is 10.2. The molecule has 14 heavy (non-hydrogen) atoms. The molecule has 0 amide bonds. The van der Waals surface area contributed by atoms with Crippen molar-refractivity contribution in [2.45, 2.75) is 6.92 Å². The largest absolute Gasteiger partial charge is 0.478 e. The van der Waals surface area contributed by atoms with Gasteiger partial charge >= 0.3 is 6.01 Å². The minimum atomic E-state index is 0.353.